The van der Waals surface area contributed by atoms with Crippen molar-refractivity contribution in [2.24, 2.45) is 0 Å². The van der Waals surface area contributed by atoms with Crippen LogP contribution in [0.5, 0.6) is 0 Å². The number of ether oxygens (including phenoxy) is 2. The van der Waals surface area contributed by atoms with Gasteiger partial charge in [0.25, 0.3) is 0 Å². The van der Waals surface area contributed by atoms with Gasteiger partial charge in [0, 0.05) is 13.7 Å². The first kappa shape index (κ1) is 13.8. The molecule has 0 heterocycles. The quantitative estimate of drug-likeness (QED) is 0.621. The lowest BCUT2D eigenvalue weighted by Crippen LogP contribution is -2.33. The molecule has 2 unspecified atom stereocenters. The summed E-state index contributed by atoms with van der Waals surface area (Å²) in [4.78, 5) is 2.05. The van der Waals surface area contributed by atoms with Crippen molar-refractivity contribution in [1.29, 1.82) is 0 Å². The van der Waals surface area contributed by atoms with Crippen LogP contribution in [0.4, 0.5) is 0 Å². The second kappa shape index (κ2) is 8.17. The maximum Gasteiger partial charge on any atom is 0.0900 e. The normalized spacial score (nSPS) is 15.9. The monoisotopic (exact) mass is 205 g/mol. The van der Waals surface area contributed by atoms with Gasteiger partial charge in [-0.1, -0.05) is 6.92 Å². The molecule has 0 saturated carbocycles. The molecule has 0 bridgehead atoms. The number of hydrogen-bond donors (Lipinski definition) is 1. The van der Waals surface area contributed by atoms with Gasteiger partial charge in [-0.3, -0.25) is 0 Å². The summed E-state index contributed by atoms with van der Waals surface area (Å²) in [6, 6.07) is 0. The zero-order valence-electron chi connectivity index (χ0n) is 9.69. The molecule has 0 radical (unpaired) electrons. The molecule has 0 spiro atoms. The molecule has 4 nitrogen and oxygen atoms in total. The van der Waals surface area contributed by atoms with E-state index in [9.17, 15) is 5.11 Å². The number of aliphatic hydroxyl groups excluding tert-OH is 1. The first-order chi connectivity index (χ1) is 6.60. The first-order valence-corrected chi connectivity index (χ1v) is 5.07. The Morgan fingerprint density at radius 1 is 1.36 bits per heavy atom. The van der Waals surface area contributed by atoms with Crippen LogP contribution in [0.25, 0.3) is 0 Å². The van der Waals surface area contributed by atoms with Crippen molar-refractivity contribution in [1.82, 2.24) is 4.90 Å². The second-order valence-electron chi connectivity index (χ2n) is 3.61. The predicted molar refractivity (Wildman–Crippen MR) is 56.5 cm³/mol. The molecule has 0 fully saturated rings. The molecule has 0 aromatic carbocycles. The van der Waals surface area contributed by atoms with Crippen LogP contribution in [0.1, 0.15) is 13.8 Å². The van der Waals surface area contributed by atoms with Crippen molar-refractivity contribution in [3.63, 3.8) is 0 Å². The largest absolute Gasteiger partial charge is 0.389 e. The fraction of sp³-hybridized carbons (Fsp3) is 1.00. The highest BCUT2D eigenvalue weighted by atomic mass is 16.5. The number of methoxy groups -OCH3 is 1. The van der Waals surface area contributed by atoms with Crippen LogP contribution in [0, 0.1) is 0 Å². The van der Waals surface area contributed by atoms with E-state index >= 15 is 0 Å². The summed E-state index contributed by atoms with van der Waals surface area (Å²) in [5.74, 6) is 0. The van der Waals surface area contributed by atoms with Gasteiger partial charge < -0.3 is 19.5 Å². The lowest BCUT2D eigenvalue weighted by atomic mass is 10.3. The standard InChI is InChI=1S/C10H23NO3/c1-5-11(3)6-10(12)8-14-9(2)7-13-4/h9-10,12H,5-8H2,1-4H3. The van der Waals surface area contributed by atoms with E-state index in [1.165, 1.54) is 0 Å². The fourth-order valence-electron chi connectivity index (χ4n) is 1.10. The summed E-state index contributed by atoms with van der Waals surface area (Å²) in [7, 11) is 3.61. The molecule has 86 valence electrons. The van der Waals surface area contributed by atoms with Gasteiger partial charge in [-0.15, -0.1) is 0 Å². The van der Waals surface area contributed by atoms with Crippen LogP contribution in [-0.2, 0) is 9.47 Å². The Hall–Kier alpha value is -0.160. The van der Waals surface area contributed by atoms with Crippen molar-refractivity contribution >= 4 is 0 Å². The highest BCUT2D eigenvalue weighted by molar-refractivity contribution is 4.60. The molecule has 0 aromatic heterocycles. The molecular weight excluding hydrogens is 182 g/mol. The molecule has 0 rings (SSSR count). The van der Waals surface area contributed by atoms with E-state index in [0.717, 1.165) is 6.54 Å². The van der Waals surface area contributed by atoms with Crippen molar-refractivity contribution in [3.8, 4) is 0 Å². The van der Waals surface area contributed by atoms with Gasteiger partial charge in [-0.2, -0.15) is 0 Å². The van der Waals surface area contributed by atoms with Crippen LogP contribution in [0.3, 0.4) is 0 Å². The molecule has 0 aromatic rings. The van der Waals surface area contributed by atoms with Gasteiger partial charge in [0.1, 0.15) is 0 Å². The molecule has 0 amide bonds. The lowest BCUT2D eigenvalue weighted by Gasteiger charge is -2.20. The number of aliphatic hydroxyl groups is 1. The van der Waals surface area contributed by atoms with Crippen molar-refractivity contribution in [2.75, 3.05) is 40.5 Å². The number of hydrogen-bond acceptors (Lipinski definition) is 4. The molecule has 2 atom stereocenters. The Bertz CT molecular complexity index is 133. The molecule has 0 aliphatic carbocycles. The van der Waals surface area contributed by atoms with Crippen LogP contribution in [-0.4, -0.2) is 62.7 Å². The summed E-state index contributed by atoms with van der Waals surface area (Å²) in [6.07, 6.45) is -0.374. The summed E-state index contributed by atoms with van der Waals surface area (Å²) in [6.45, 7) is 6.51. The maximum atomic E-state index is 9.56. The van der Waals surface area contributed by atoms with Gasteiger partial charge in [-0.05, 0) is 20.5 Å². The summed E-state index contributed by atoms with van der Waals surface area (Å²) >= 11 is 0. The van der Waals surface area contributed by atoms with Gasteiger partial charge in [0.15, 0.2) is 0 Å². The van der Waals surface area contributed by atoms with E-state index < -0.39 is 6.10 Å². The smallest absolute Gasteiger partial charge is 0.0900 e. The number of likely N-dealkylation sites (N-methyl/N-ethyl adjacent to an activating group) is 1. The summed E-state index contributed by atoms with van der Waals surface area (Å²) in [5, 5.41) is 9.56. The van der Waals surface area contributed by atoms with Gasteiger partial charge in [0.2, 0.25) is 0 Å². The van der Waals surface area contributed by atoms with Crippen LogP contribution >= 0.6 is 0 Å². The summed E-state index contributed by atoms with van der Waals surface area (Å²) in [5.41, 5.74) is 0. The Kier molecular flexibility index (Phi) is 8.08. The SMILES string of the molecule is CCN(C)CC(O)COC(C)COC. The van der Waals surface area contributed by atoms with E-state index in [0.29, 0.717) is 19.8 Å². The number of rotatable bonds is 8. The average molecular weight is 205 g/mol. The van der Waals surface area contributed by atoms with E-state index in [-0.39, 0.29) is 6.10 Å². The third-order valence-electron chi connectivity index (χ3n) is 2.04. The van der Waals surface area contributed by atoms with Crippen molar-refractivity contribution in [2.45, 2.75) is 26.1 Å². The topological polar surface area (TPSA) is 41.9 Å². The Morgan fingerprint density at radius 2 is 2.00 bits per heavy atom. The maximum absolute atomic E-state index is 9.56. The van der Waals surface area contributed by atoms with Crippen molar-refractivity contribution in [3.05, 3.63) is 0 Å². The highest BCUT2D eigenvalue weighted by Crippen LogP contribution is 1.95. The van der Waals surface area contributed by atoms with Gasteiger partial charge in [-0.25, -0.2) is 0 Å². The van der Waals surface area contributed by atoms with E-state index in [1.807, 2.05) is 14.0 Å². The third kappa shape index (κ3) is 7.26. The molecule has 4 heteroatoms. The minimum absolute atomic E-state index is 0.0431. The van der Waals surface area contributed by atoms with Crippen molar-refractivity contribution < 1.29 is 14.6 Å². The van der Waals surface area contributed by atoms with Crippen LogP contribution < -0.4 is 0 Å². The lowest BCUT2D eigenvalue weighted by molar-refractivity contribution is -0.0377. The zero-order chi connectivity index (χ0) is 11.0. The molecule has 0 aliphatic heterocycles. The fourth-order valence-corrected chi connectivity index (χ4v) is 1.10. The third-order valence-corrected chi connectivity index (χ3v) is 2.04. The predicted octanol–water partition coefficient (Wildman–Crippen LogP) is 0.350. The van der Waals surface area contributed by atoms with Gasteiger partial charge in [0.05, 0.1) is 25.4 Å². The molecule has 14 heavy (non-hydrogen) atoms. The van der Waals surface area contributed by atoms with Crippen LogP contribution in [0.2, 0.25) is 0 Å². The Labute approximate surface area is 86.8 Å². The molecule has 0 saturated heterocycles. The van der Waals surface area contributed by atoms with Gasteiger partial charge >= 0.3 is 0 Å². The molecular formula is C10H23NO3. The average Bonchev–Trinajstić information content (AvgIpc) is 2.15. The number of nitrogens with zero attached hydrogens (tertiary/aromatic N) is 1. The second-order valence-corrected chi connectivity index (χ2v) is 3.61. The first-order valence-electron chi connectivity index (χ1n) is 5.07. The minimum atomic E-state index is -0.417. The van der Waals surface area contributed by atoms with E-state index in [1.54, 1.807) is 7.11 Å². The Balaban J connectivity index is 3.47. The molecule has 0 aliphatic rings. The van der Waals surface area contributed by atoms with E-state index in [2.05, 4.69) is 11.8 Å². The Morgan fingerprint density at radius 3 is 2.50 bits per heavy atom. The van der Waals surface area contributed by atoms with Crippen LogP contribution in [0.15, 0.2) is 0 Å². The van der Waals surface area contributed by atoms with E-state index in [4.69, 9.17) is 9.47 Å². The zero-order valence-corrected chi connectivity index (χ0v) is 9.69. The highest BCUT2D eigenvalue weighted by Gasteiger charge is 2.09. The molecule has 1 N–H and O–H groups in total. The summed E-state index contributed by atoms with van der Waals surface area (Å²) < 4.78 is 10.3. The minimum Gasteiger partial charge on any atom is -0.389 e.